The number of fused-ring (bicyclic) bond motifs is 1. The highest BCUT2D eigenvalue weighted by Crippen LogP contribution is 2.40. The zero-order valence-corrected chi connectivity index (χ0v) is 17.3. The van der Waals surface area contributed by atoms with Crippen molar-refractivity contribution in [3.63, 3.8) is 0 Å². The minimum Gasteiger partial charge on any atom is -0.507 e. The maximum absolute atomic E-state index is 12.8. The second kappa shape index (κ2) is 6.54. The highest BCUT2D eigenvalue weighted by atomic mass is 16.3. The van der Waals surface area contributed by atoms with Gasteiger partial charge in [-0.25, -0.2) is 0 Å². The number of benzene rings is 1. The molecule has 2 heterocycles. The molecule has 2 atom stereocenters. The third-order valence-corrected chi connectivity index (χ3v) is 5.68. The maximum atomic E-state index is 12.8. The van der Waals surface area contributed by atoms with Crippen molar-refractivity contribution in [3.05, 3.63) is 28.8 Å². The lowest BCUT2D eigenvalue weighted by molar-refractivity contribution is -0.146. The van der Waals surface area contributed by atoms with Crippen LogP contribution in [0.2, 0.25) is 0 Å². The van der Waals surface area contributed by atoms with E-state index < -0.39 is 6.04 Å². The van der Waals surface area contributed by atoms with Gasteiger partial charge in [-0.3, -0.25) is 9.59 Å². The minimum atomic E-state index is -0.531. The number of rotatable bonds is 2. The molecule has 5 nitrogen and oxygen atoms in total. The molecular weight excluding hydrogens is 340 g/mol. The molecule has 2 N–H and O–H groups in total. The topological polar surface area (TPSA) is 69.6 Å². The molecular formula is C22H32N2O3. The molecule has 0 radical (unpaired) electrons. The molecule has 2 aliphatic heterocycles. The summed E-state index contributed by atoms with van der Waals surface area (Å²) in [6, 6.07) is 3.15. The monoisotopic (exact) mass is 372 g/mol. The Kier molecular flexibility index (Phi) is 4.77. The smallest absolute Gasteiger partial charge is 0.246 e. The van der Waals surface area contributed by atoms with Crippen LogP contribution in [-0.4, -0.2) is 40.4 Å². The van der Waals surface area contributed by atoms with Gasteiger partial charge in [-0.15, -0.1) is 0 Å². The number of carbonyl (C=O) groups excluding carboxylic acids is 2. The van der Waals surface area contributed by atoms with Crippen molar-refractivity contribution in [2.45, 2.75) is 83.7 Å². The highest BCUT2D eigenvalue weighted by molar-refractivity contribution is 5.97. The molecule has 2 saturated heterocycles. The third kappa shape index (κ3) is 3.69. The molecule has 2 amide bonds. The van der Waals surface area contributed by atoms with Crippen molar-refractivity contribution in [1.82, 2.24) is 10.2 Å². The summed E-state index contributed by atoms with van der Waals surface area (Å²) in [5.41, 5.74) is 2.27. The SMILES string of the molecule is CC(C)(C)c1cc(C[C@H]2NC(=O)[C@@H]3CCCN3C2=O)cc(C(C)(C)C)c1O. The highest BCUT2D eigenvalue weighted by Gasteiger charge is 2.43. The average Bonchev–Trinajstić information content (AvgIpc) is 3.02. The number of hydrogen-bond acceptors (Lipinski definition) is 3. The number of carbonyl (C=O) groups is 2. The quantitative estimate of drug-likeness (QED) is 0.838. The van der Waals surface area contributed by atoms with E-state index in [1.807, 2.05) is 12.1 Å². The summed E-state index contributed by atoms with van der Waals surface area (Å²) in [6.45, 7) is 13.1. The molecule has 2 fully saturated rings. The van der Waals surface area contributed by atoms with Crippen LogP contribution in [-0.2, 0) is 26.8 Å². The Hall–Kier alpha value is -2.04. The molecule has 0 aliphatic carbocycles. The summed E-state index contributed by atoms with van der Waals surface area (Å²) in [6.07, 6.45) is 2.09. The normalized spacial score (nSPS) is 23.4. The second-order valence-corrected chi connectivity index (χ2v) is 9.99. The largest absolute Gasteiger partial charge is 0.507 e. The van der Waals surface area contributed by atoms with Gasteiger partial charge in [0.25, 0.3) is 0 Å². The van der Waals surface area contributed by atoms with Crippen molar-refractivity contribution < 1.29 is 14.7 Å². The molecule has 2 aliphatic rings. The lowest BCUT2D eigenvalue weighted by Crippen LogP contribution is -2.61. The lowest BCUT2D eigenvalue weighted by Gasteiger charge is -2.35. The summed E-state index contributed by atoms with van der Waals surface area (Å²) in [5.74, 6) is 0.306. The van der Waals surface area contributed by atoms with Crippen LogP contribution in [0.5, 0.6) is 5.75 Å². The first-order valence-corrected chi connectivity index (χ1v) is 9.87. The third-order valence-electron chi connectivity index (χ3n) is 5.68. The van der Waals surface area contributed by atoms with Gasteiger partial charge < -0.3 is 15.3 Å². The summed E-state index contributed by atoms with van der Waals surface area (Å²) in [7, 11) is 0. The first-order chi connectivity index (χ1) is 12.4. The predicted octanol–water partition coefficient (Wildman–Crippen LogP) is 3.02. The van der Waals surface area contributed by atoms with Crippen LogP contribution < -0.4 is 5.32 Å². The maximum Gasteiger partial charge on any atom is 0.246 e. The van der Waals surface area contributed by atoms with Crippen LogP contribution in [0.15, 0.2) is 12.1 Å². The van der Waals surface area contributed by atoms with Crippen LogP contribution in [0.1, 0.15) is 71.1 Å². The zero-order chi connectivity index (χ0) is 20.1. The number of aromatic hydroxyl groups is 1. The van der Waals surface area contributed by atoms with Gasteiger partial charge in [-0.2, -0.15) is 0 Å². The van der Waals surface area contributed by atoms with Crippen LogP contribution in [0, 0.1) is 0 Å². The van der Waals surface area contributed by atoms with Gasteiger partial charge in [0.1, 0.15) is 17.8 Å². The Morgan fingerprint density at radius 1 is 1.07 bits per heavy atom. The number of piperazine rings is 1. The Balaban J connectivity index is 1.97. The van der Waals surface area contributed by atoms with Crippen LogP contribution in [0.4, 0.5) is 0 Å². The molecule has 3 rings (SSSR count). The summed E-state index contributed by atoms with van der Waals surface area (Å²) >= 11 is 0. The van der Waals surface area contributed by atoms with Gasteiger partial charge in [-0.05, 0) is 40.4 Å². The summed E-state index contributed by atoms with van der Waals surface area (Å²) in [4.78, 5) is 27.0. The average molecular weight is 373 g/mol. The molecule has 27 heavy (non-hydrogen) atoms. The standard InChI is InChI=1S/C22H32N2O3/c1-21(2,3)14-10-13(11-15(18(14)25)22(4,5)6)12-16-20(27)24-9-7-8-17(24)19(26)23-16/h10-11,16-17,25H,7-9,12H2,1-6H3,(H,23,26)/t16-,17+/m1/s1. The van der Waals surface area contributed by atoms with Gasteiger partial charge in [0, 0.05) is 13.0 Å². The number of phenols is 1. The Bertz CT molecular complexity index is 736. The Labute approximate surface area is 162 Å². The van der Waals surface area contributed by atoms with Crippen molar-refractivity contribution in [3.8, 4) is 5.75 Å². The Morgan fingerprint density at radius 2 is 1.63 bits per heavy atom. The molecule has 5 heteroatoms. The molecule has 1 aromatic rings. The lowest BCUT2D eigenvalue weighted by atomic mass is 9.78. The Morgan fingerprint density at radius 3 is 2.15 bits per heavy atom. The zero-order valence-electron chi connectivity index (χ0n) is 17.3. The van der Waals surface area contributed by atoms with E-state index in [4.69, 9.17) is 0 Å². The predicted molar refractivity (Wildman–Crippen MR) is 106 cm³/mol. The van der Waals surface area contributed by atoms with E-state index in [-0.39, 0.29) is 28.7 Å². The molecule has 0 spiro atoms. The second-order valence-electron chi connectivity index (χ2n) is 9.99. The van der Waals surface area contributed by atoms with Gasteiger partial charge in [0.05, 0.1) is 0 Å². The molecule has 0 aromatic heterocycles. The van der Waals surface area contributed by atoms with Crippen LogP contribution in [0.3, 0.4) is 0 Å². The van der Waals surface area contributed by atoms with Crippen molar-refractivity contribution in [2.24, 2.45) is 0 Å². The minimum absolute atomic E-state index is 0.0137. The number of amides is 2. The van der Waals surface area contributed by atoms with Crippen LogP contribution in [0.25, 0.3) is 0 Å². The van der Waals surface area contributed by atoms with E-state index in [0.717, 1.165) is 29.5 Å². The fraction of sp³-hybridized carbons (Fsp3) is 0.636. The van der Waals surface area contributed by atoms with Gasteiger partial charge in [0.15, 0.2) is 0 Å². The number of nitrogens with one attached hydrogen (secondary N) is 1. The first kappa shape index (κ1) is 19.7. The van der Waals surface area contributed by atoms with Crippen LogP contribution >= 0.6 is 0 Å². The summed E-state index contributed by atoms with van der Waals surface area (Å²) in [5, 5.41) is 13.8. The van der Waals surface area contributed by atoms with E-state index in [1.165, 1.54) is 0 Å². The molecule has 148 valence electrons. The molecule has 1 aromatic carbocycles. The molecule has 0 saturated carbocycles. The van der Waals surface area contributed by atoms with Crippen molar-refractivity contribution >= 4 is 11.8 Å². The summed E-state index contributed by atoms with van der Waals surface area (Å²) < 4.78 is 0. The van der Waals surface area contributed by atoms with E-state index in [2.05, 4.69) is 46.9 Å². The van der Waals surface area contributed by atoms with Gasteiger partial charge in [0.2, 0.25) is 11.8 Å². The van der Waals surface area contributed by atoms with E-state index in [0.29, 0.717) is 18.7 Å². The van der Waals surface area contributed by atoms with E-state index >= 15 is 0 Å². The number of nitrogens with zero attached hydrogens (tertiary/aromatic N) is 1. The van der Waals surface area contributed by atoms with Gasteiger partial charge in [-0.1, -0.05) is 53.7 Å². The van der Waals surface area contributed by atoms with Crippen molar-refractivity contribution in [2.75, 3.05) is 6.54 Å². The number of phenolic OH excluding ortho intramolecular Hbond substituents is 1. The van der Waals surface area contributed by atoms with E-state index in [1.54, 1.807) is 4.90 Å². The first-order valence-electron chi connectivity index (χ1n) is 9.87. The molecule has 0 bridgehead atoms. The molecule has 0 unspecified atom stereocenters. The fourth-order valence-corrected chi connectivity index (χ4v) is 4.16. The number of hydrogen-bond donors (Lipinski definition) is 2. The fourth-order valence-electron chi connectivity index (χ4n) is 4.16. The van der Waals surface area contributed by atoms with Gasteiger partial charge >= 0.3 is 0 Å². The van der Waals surface area contributed by atoms with Crippen molar-refractivity contribution in [1.29, 1.82) is 0 Å². The van der Waals surface area contributed by atoms with E-state index in [9.17, 15) is 14.7 Å².